The van der Waals surface area contributed by atoms with Crippen LogP contribution in [-0.4, -0.2) is 29.9 Å². The Morgan fingerprint density at radius 3 is 1.75 bits per heavy atom. The number of nitrogens with one attached hydrogen (secondary N) is 1. The molecule has 2 N–H and O–H groups in total. The lowest BCUT2D eigenvalue weighted by Gasteiger charge is -2.05. The fourth-order valence-corrected chi connectivity index (χ4v) is 2.60. The lowest BCUT2D eigenvalue weighted by molar-refractivity contribution is -0.137. The molecule has 0 rings (SSSR count). The SMILES string of the molecule is C=C(CO)CNC(=O)C(=O)CCCCCCCCCCCCCC. The largest absolute Gasteiger partial charge is 0.392 e. The van der Waals surface area contributed by atoms with Crippen LogP contribution < -0.4 is 5.32 Å². The van der Waals surface area contributed by atoms with Gasteiger partial charge >= 0.3 is 0 Å². The summed E-state index contributed by atoms with van der Waals surface area (Å²) in [5.41, 5.74) is 0.501. The fraction of sp³-hybridized carbons (Fsp3) is 0.800. The monoisotopic (exact) mass is 339 g/mol. The molecular formula is C20H37NO3. The van der Waals surface area contributed by atoms with Crippen LogP contribution in [0.15, 0.2) is 12.2 Å². The highest BCUT2D eigenvalue weighted by molar-refractivity contribution is 6.36. The normalized spacial score (nSPS) is 10.6. The summed E-state index contributed by atoms with van der Waals surface area (Å²) in [7, 11) is 0. The molecule has 0 aromatic rings. The van der Waals surface area contributed by atoms with E-state index in [0.29, 0.717) is 12.0 Å². The molecule has 0 spiro atoms. The third-order valence-corrected chi connectivity index (χ3v) is 4.23. The van der Waals surface area contributed by atoms with E-state index in [4.69, 9.17) is 5.11 Å². The van der Waals surface area contributed by atoms with E-state index < -0.39 is 5.91 Å². The molecule has 0 aromatic carbocycles. The quantitative estimate of drug-likeness (QED) is 0.236. The molecule has 1 amide bonds. The van der Waals surface area contributed by atoms with Gasteiger partial charge < -0.3 is 10.4 Å². The van der Waals surface area contributed by atoms with E-state index in [-0.39, 0.29) is 18.9 Å². The van der Waals surface area contributed by atoms with Crippen LogP contribution in [-0.2, 0) is 9.59 Å². The van der Waals surface area contributed by atoms with Crippen LogP contribution >= 0.6 is 0 Å². The van der Waals surface area contributed by atoms with Crippen LogP contribution in [0.5, 0.6) is 0 Å². The third kappa shape index (κ3) is 14.4. The van der Waals surface area contributed by atoms with Crippen molar-refractivity contribution < 1.29 is 14.7 Å². The summed E-state index contributed by atoms with van der Waals surface area (Å²) in [5, 5.41) is 11.3. The zero-order valence-electron chi connectivity index (χ0n) is 15.6. The summed E-state index contributed by atoms with van der Waals surface area (Å²) in [6, 6.07) is 0. The summed E-state index contributed by atoms with van der Waals surface area (Å²) in [6.45, 7) is 5.80. The first-order chi connectivity index (χ1) is 11.6. The Balaban J connectivity index is 3.35. The second kappa shape index (κ2) is 16.7. The maximum Gasteiger partial charge on any atom is 0.287 e. The van der Waals surface area contributed by atoms with Gasteiger partial charge in [0.05, 0.1) is 6.61 Å². The molecule has 0 fully saturated rings. The van der Waals surface area contributed by atoms with Gasteiger partial charge in [-0.2, -0.15) is 0 Å². The van der Waals surface area contributed by atoms with Gasteiger partial charge in [0.1, 0.15) is 0 Å². The number of rotatable bonds is 17. The van der Waals surface area contributed by atoms with Gasteiger partial charge in [-0.25, -0.2) is 0 Å². The summed E-state index contributed by atoms with van der Waals surface area (Å²) in [4.78, 5) is 23.1. The van der Waals surface area contributed by atoms with Gasteiger partial charge in [0.25, 0.3) is 5.91 Å². The smallest absolute Gasteiger partial charge is 0.287 e. The van der Waals surface area contributed by atoms with Crippen molar-refractivity contribution in [1.29, 1.82) is 0 Å². The second-order valence-electron chi connectivity index (χ2n) is 6.65. The van der Waals surface area contributed by atoms with Crippen LogP contribution in [0.4, 0.5) is 0 Å². The minimum atomic E-state index is -0.562. The molecule has 140 valence electrons. The van der Waals surface area contributed by atoms with Crippen molar-refractivity contribution in [3.63, 3.8) is 0 Å². The first-order valence-corrected chi connectivity index (χ1v) is 9.70. The number of amides is 1. The van der Waals surface area contributed by atoms with Gasteiger partial charge in [-0.15, -0.1) is 0 Å². The number of carbonyl (C=O) groups is 2. The van der Waals surface area contributed by atoms with Crippen molar-refractivity contribution in [3.8, 4) is 0 Å². The molecule has 0 aliphatic carbocycles. The van der Waals surface area contributed by atoms with Crippen molar-refractivity contribution in [2.45, 2.75) is 90.4 Å². The zero-order chi connectivity index (χ0) is 18.0. The van der Waals surface area contributed by atoms with E-state index in [1.54, 1.807) is 0 Å². The average molecular weight is 340 g/mol. The van der Waals surface area contributed by atoms with Gasteiger partial charge in [0.15, 0.2) is 0 Å². The fourth-order valence-electron chi connectivity index (χ4n) is 2.60. The Morgan fingerprint density at radius 1 is 0.833 bits per heavy atom. The second-order valence-corrected chi connectivity index (χ2v) is 6.65. The van der Waals surface area contributed by atoms with Crippen LogP contribution in [0.3, 0.4) is 0 Å². The predicted octanol–water partition coefficient (Wildman–Crippen LogP) is 4.31. The van der Waals surface area contributed by atoms with Crippen molar-refractivity contribution in [3.05, 3.63) is 12.2 Å². The average Bonchev–Trinajstić information content (AvgIpc) is 2.59. The van der Waals surface area contributed by atoms with Gasteiger partial charge in [0.2, 0.25) is 5.78 Å². The highest BCUT2D eigenvalue weighted by atomic mass is 16.3. The number of carbonyl (C=O) groups excluding carboxylic acids is 2. The van der Waals surface area contributed by atoms with Crippen molar-refractivity contribution in [2.75, 3.05) is 13.2 Å². The number of aliphatic hydroxyl groups is 1. The Hall–Kier alpha value is -1.16. The molecule has 4 nitrogen and oxygen atoms in total. The molecule has 0 saturated heterocycles. The maximum atomic E-state index is 11.6. The molecule has 0 unspecified atom stereocenters. The molecule has 4 heteroatoms. The molecule has 0 aliphatic rings. The number of unbranched alkanes of at least 4 members (excludes halogenated alkanes) is 11. The van der Waals surface area contributed by atoms with Crippen LogP contribution in [0.2, 0.25) is 0 Å². The van der Waals surface area contributed by atoms with E-state index in [1.807, 2.05) is 0 Å². The molecule has 0 saturated carbocycles. The first-order valence-electron chi connectivity index (χ1n) is 9.70. The summed E-state index contributed by atoms with van der Waals surface area (Å²) >= 11 is 0. The zero-order valence-corrected chi connectivity index (χ0v) is 15.6. The van der Waals surface area contributed by atoms with Gasteiger partial charge in [-0.3, -0.25) is 9.59 Å². The highest BCUT2D eigenvalue weighted by Crippen LogP contribution is 2.12. The molecular weight excluding hydrogens is 302 g/mol. The standard InChI is InChI=1S/C20H37NO3/c1-3-4-5-6-7-8-9-10-11-12-13-14-15-19(23)20(24)21-16-18(2)17-22/h22H,2-17H2,1H3,(H,21,24). The van der Waals surface area contributed by atoms with E-state index >= 15 is 0 Å². The van der Waals surface area contributed by atoms with Crippen LogP contribution in [0.25, 0.3) is 0 Å². The lowest BCUT2D eigenvalue weighted by atomic mass is 10.0. The predicted molar refractivity (Wildman–Crippen MR) is 99.9 cm³/mol. The third-order valence-electron chi connectivity index (χ3n) is 4.23. The molecule has 0 atom stereocenters. The molecule has 0 heterocycles. The summed E-state index contributed by atoms with van der Waals surface area (Å²) in [5.74, 6) is -0.930. The van der Waals surface area contributed by atoms with Crippen LogP contribution in [0, 0.1) is 0 Å². The summed E-state index contributed by atoms with van der Waals surface area (Å²) in [6.07, 6.45) is 15.2. The Morgan fingerprint density at radius 2 is 1.29 bits per heavy atom. The number of ketones is 1. The molecule has 0 radical (unpaired) electrons. The van der Waals surface area contributed by atoms with E-state index in [1.165, 1.54) is 57.8 Å². The van der Waals surface area contributed by atoms with E-state index in [0.717, 1.165) is 19.3 Å². The van der Waals surface area contributed by atoms with Crippen molar-refractivity contribution >= 4 is 11.7 Å². The molecule has 24 heavy (non-hydrogen) atoms. The van der Waals surface area contributed by atoms with Crippen molar-refractivity contribution in [2.24, 2.45) is 0 Å². The maximum absolute atomic E-state index is 11.6. The molecule has 0 aromatic heterocycles. The minimum absolute atomic E-state index is 0.166. The topological polar surface area (TPSA) is 66.4 Å². The Bertz CT molecular complexity index is 353. The highest BCUT2D eigenvalue weighted by Gasteiger charge is 2.12. The Kier molecular flexibility index (Phi) is 15.9. The minimum Gasteiger partial charge on any atom is -0.392 e. The number of hydrogen-bond acceptors (Lipinski definition) is 3. The number of Topliss-reactive ketones (excluding diaryl/α,β-unsaturated/α-hetero) is 1. The van der Waals surface area contributed by atoms with E-state index in [2.05, 4.69) is 18.8 Å². The van der Waals surface area contributed by atoms with Crippen LogP contribution in [0.1, 0.15) is 90.4 Å². The number of aliphatic hydroxyl groups excluding tert-OH is 1. The molecule has 0 aliphatic heterocycles. The van der Waals surface area contributed by atoms with Gasteiger partial charge in [-0.05, 0) is 12.0 Å². The first kappa shape index (κ1) is 22.8. The van der Waals surface area contributed by atoms with Gasteiger partial charge in [-0.1, -0.05) is 84.1 Å². The number of hydrogen-bond donors (Lipinski definition) is 2. The van der Waals surface area contributed by atoms with Crippen molar-refractivity contribution in [1.82, 2.24) is 5.32 Å². The lowest BCUT2D eigenvalue weighted by Crippen LogP contribution is -2.32. The van der Waals surface area contributed by atoms with E-state index in [9.17, 15) is 9.59 Å². The van der Waals surface area contributed by atoms with Gasteiger partial charge in [0, 0.05) is 13.0 Å². The molecule has 0 bridgehead atoms. The summed E-state index contributed by atoms with van der Waals surface area (Å²) < 4.78 is 0. The Labute approximate surface area is 148 Å².